The van der Waals surface area contributed by atoms with Crippen LogP contribution < -0.4 is 27.4 Å². The fourth-order valence-electron chi connectivity index (χ4n) is 4.29. The second-order valence-corrected chi connectivity index (χ2v) is 9.96. The van der Waals surface area contributed by atoms with E-state index in [-0.39, 0.29) is 63.7 Å². The molecule has 2 rings (SSSR count). The van der Waals surface area contributed by atoms with Gasteiger partial charge in [0.25, 0.3) is 0 Å². The molecule has 2 aromatic rings. The van der Waals surface area contributed by atoms with E-state index in [2.05, 4.69) is 5.32 Å². The van der Waals surface area contributed by atoms with Gasteiger partial charge in [0, 0.05) is 52.0 Å². The van der Waals surface area contributed by atoms with Crippen molar-refractivity contribution in [3.05, 3.63) is 65.7 Å². The minimum absolute atomic E-state index is 0.0113. The van der Waals surface area contributed by atoms with Crippen LogP contribution in [0.5, 0.6) is 0 Å². The number of aryl methyl sites for hydroxylation is 1. The number of halogens is 3. The summed E-state index contributed by atoms with van der Waals surface area (Å²) in [6.45, 7) is 0.970. The molecule has 0 aliphatic rings. The molecule has 0 saturated carbocycles. The molecule has 1 unspecified atom stereocenters. The third-order valence-electron chi connectivity index (χ3n) is 6.77. The van der Waals surface area contributed by atoms with Crippen molar-refractivity contribution < 1.29 is 32.3 Å². The Morgan fingerprint density at radius 3 is 2.07 bits per heavy atom. The van der Waals surface area contributed by atoms with Gasteiger partial charge < -0.3 is 37.2 Å². The molecule has 0 aliphatic carbocycles. The molecule has 14 heteroatoms. The second-order valence-electron chi connectivity index (χ2n) is 9.96. The summed E-state index contributed by atoms with van der Waals surface area (Å²) in [7, 11) is 1.49. The third-order valence-corrected chi connectivity index (χ3v) is 6.77. The fraction of sp³-hybridized carbons (Fsp3) is 0.448. The molecule has 7 N–H and O–H groups in total. The molecule has 0 saturated heterocycles. The lowest BCUT2D eigenvalue weighted by Gasteiger charge is -2.28. The van der Waals surface area contributed by atoms with Crippen molar-refractivity contribution >= 4 is 29.8 Å². The number of nitrogens with zero attached hydrogens (tertiary/aromatic N) is 3. The van der Waals surface area contributed by atoms with Gasteiger partial charge in [-0.05, 0) is 42.7 Å². The fourth-order valence-corrected chi connectivity index (χ4v) is 4.29. The van der Waals surface area contributed by atoms with Crippen LogP contribution in [0.2, 0.25) is 0 Å². The molecule has 0 bridgehead atoms. The minimum Gasteiger partial charge on any atom is -0.343 e. The summed E-state index contributed by atoms with van der Waals surface area (Å²) >= 11 is 0. The van der Waals surface area contributed by atoms with Crippen LogP contribution in [-0.2, 0) is 31.8 Å². The summed E-state index contributed by atoms with van der Waals surface area (Å²) in [5.41, 5.74) is 17.5. The highest BCUT2D eigenvalue weighted by Gasteiger charge is 2.31. The predicted octanol–water partition coefficient (Wildman–Crippen LogP) is 0.708. The standard InChI is InChI=1S/C29H40F3N7O4/c1-37(17-18-39(20-40)23-10-8-22(9-11-23)29(30,31)32)28(43)25(12-7-21-5-3-2-4-6-21)36-27(42)24(35)19-26(41)38(15-13-33)16-14-34/h2-6,8-11,20,24-25H,7,12-19,33-35H2,1H3,(H,36,42)/t24?,25-/m0/s1. The van der Waals surface area contributed by atoms with Crippen LogP contribution in [0, 0.1) is 0 Å². The van der Waals surface area contributed by atoms with Crippen LogP contribution in [0.1, 0.15) is 24.0 Å². The number of carbonyl (C=O) groups is 4. The summed E-state index contributed by atoms with van der Waals surface area (Å²) in [6.07, 6.45) is -3.68. The predicted molar refractivity (Wildman–Crippen MR) is 156 cm³/mol. The Kier molecular flexibility index (Phi) is 14.1. The maximum atomic E-state index is 13.5. The number of rotatable bonds is 17. The average Bonchev–Trinajstić information content (AvgIpc) is 2.99. The van der Waals surface area contributed by atoms with Crippen molar-refractivity contribution in [3.8, 4) is 0 Å². The van der Waals surface area contributed by atoms with Gasteiger partial charge in [0.2, 0.25) is 24.1 Å². The summed E-state index contributed by atoms with van der Waals surface area (Å²) in [5.74, 6) is -1.54. The number of amides is 4. The van der Waals surface area contributed by atoms with E-state index in [4.69, 9.17) is 17.2 Å². The van der Waals surface area contributed by atoms with Gasteiger partial charge in [0.15, 0.2) is 0 Å². The molecule has 0 fully saturated rings. The van der Waals surface area contributed by atoms with E-state index in [0.29, 0.717) is 12.8 Å². The summed E-state index contributed by atoms with van der Waals surface area (Å²) in [5, 5.41) is 2.66. The van der Waals surface area contributed by atoms with E-state index in [1.165, 1.54) is 33.9 Å². The molecule has 236 valence electrons. The number of alkyl halides is 3. The smallest absolute Gasteiger partial charge is 0.343 e. The monoisotopic (exact) mass is 607 g/mol. The van der Waals surface area contributed by atoms with Crippen LogP contribution in [0.4, 0.5) is 18.9 Å². The number of likely N-dealkylation sites (N-methyl/N-ethyl adjacent to an activating group) is 1. The van der Waals surface area contributed by atoms with Crippen LogP contribution in [-0.4, -0.2) is 92.3 Å². The van der Waals surface area contributed by atoms with E-state index in [0.717, 1.165) is 17.7 Å². The van der Waals surface area contributed by atoms with Gasteiger partial charge >= 0.3 is 6.18 Å². The summed E-state index contributed by atoms with van der Waals surface area (Å²) < 4.78 is 38.7. The molecule has 0 aromatic heterocycles. The van der Waals surface area contributed by atoms with Crippen LogP contribution >= 0.6 is 0 Å². The van der Waals surface area contributed by atoms with E-state index < -0.39 is 35.6 Å². The highest BCUT2D eigenvalue weighted by atomic mass is 19.4. The van der Waals surface area contributed by atoms with Gasteiger partial charge in [0.1, 0.15) is 6.04 Å². The molecule has 0 radical (unpaired) electrons. The first-order valence-electron chi connectivity index (χ1n) is 13.8. The Labute approximate surface area is 249 Å². The number of carbonyl (C=O) groups excluding carboxylic acids is 4. The van der Waals surface area contributed by atoms with E-state index in [1.807, 2.05) is 30.3 Å². The first-order chi connectivity index (χ1) is 20.4. The first kappa shape index (κ1) is 35.2. The maximum absolute atomic E-state index is 13.5. The van der Waals surface area contributed by atoms with E-state index in [9.17, 15) is 32.3 Å². The zero-order valence-electron chi connectivity index (χ0n) is 24.1. The lowest BCUT2D eigenvalue weighted by Crippen LogP contribution is -2.54. The van der Waals surface area contributed by atoms with Gasteiger partial charge in [-0.3, -0.25) is 19.2 Å². The normalized spacial score (nSPS) is 12.6. The zero-order valence-corrected chi connectivity index (χ0v) is 24.1. The Morgan fingerprint density at radius 2 is 1.53 bits per heavy atom. The van der Waals surface area contributed by atoms with Crippen molar-refractivity contribution in [1.29, 1.82) is 0 Å². The van der Waals surface area contributed by atoms with Crippen molar-refractivity contribution in [1.82, 2.24) is 15.1 Å². The summed E-state index contributed by atoms with van der Waals surface area (Å²) in [4.78, 5) is 54.7. The van der Waals surface area contributed by atoms with Crippen molar-refractivity contribution in [3.63, 3.8) is 0 Å². The van der Waals surface area contributed by atoms with E-state index in [1.54, 1.807) is 0 Å². The third kappa shape index (κ3) is 11.3. The molecular weight excluding hydrogens is 567 g/mol. The van der Waals surface area contributed by atoms with Crippen LogP contribution in [0.15, 0.2) is 54.6 Å². The minimum atomic E-state index is -4.51. The summed E-state index contributed by atoms with van der Waals surface area (Å²) in [6, 6.07) is 11.2. The van der Waals surface area contributed by atoms with Crippen molar-refractivity contribution in [2.75, 3.05) is 51.2 Å². The maximum Gasteiger partial charge on any atom is 0.416 e. The van der Waals surface area contributed by atoms with Gasteiger partial charge in [-0.2, -0.15) is 13.2 Å². The highest BCUT2D eigenvalue weighted by molar-refractivity contribution is 5.92. The van der Waals surface area contributed by atoms with Crippen LogP contribution in [0.3, 0.4) is 0 Å². The number of nitrogens with one attached hydrogen (secondary N) is 1. The topological polar surface area (TPSA) is 168 Å². The van der Waals surface area contributed by atoms with E-state index >= 15 is 0 Å². The van der Waals surface area contributed by atoms with Gasteiger partial charge in [-0.1, -0.05) is 30.3 Å². The number of anilines is 1. The number of nitrogens with two attached hydrogens (primary N) is 3. The lowest BCUT2D eigenvalue weighted by molar-refractivity contribution is -0.138. The molecule has 4 amide bonds. The molecule has 0 heterocycles. The zero-order chi connectivity index (χ0) is 32.0. The quantitative estimate of drug-likeness (QED) is 0.192. The first-order valence-corrected chi connectivity index (χ1v) is 13.8. The second kappa shape index (κ2) is 17.2. The number of benzene rings is 2. The van der Waals surface area contributed by atoms with Crippen molar-refractivity contribution in [2.45, 2.75) is 37.5 Å². The van der Waals surface area contributed by atoms with Gasteiger partial charge in [0.05, 0.1) is 18.0 Å². The highest BCUT2D eigenvalue weighted by Crippen LogP contribution is 2.30. The Morgan fingerprint density at radius 1 is 0.930 bits per heavy atom. The van der Waals surface area contributed by atoms with Crippen molar-refractivity contribution in [2.24, 2.45) is 17.2 Å². The lowest BCUT2D eigenvalue weighted by atomic mass is 10.0. The molecule has 43 heavy (non-hydrogen) atoms. The largest absolute Gasteiger partial charge is 0.416 e. The number of hydrogen-bond acceptors (Lipinski definition) is 7. The Balaban J connectivity index is 2.10. The molecular formula is C29H40F3N7O4. The number of hydrogen-bond donors (Lipinski definition) is 4. The molecule has 0 spiro atoms. The molecule has 2 atom stereocenters. The molecule has 0 aliphatic heterocycles. The van der Waals surface area contributed by atoms with Crippen LogP contribution in [0.25, 0.3) is 0 Å². The Bertz CT molecular complexity index is 1180. The van der Waals surface area contributed by atoms with Gasteiger partial charge in [-0.25, -0.2) is 0 Å². The molecule has 11 nitrogen and oxygen atoms in total. The van der Waals surface area contributed by atoms with Gasteiger partial charge in [-0.15, -0.1) is 0 Å². The molecule has 2 aromatic carbocycles. The average molecular weight is 608 g/mol. The Hall–Kier alpha value is -4.01. The SMILES string of the molecule is CN(CCN(C=O)c1ccc(C(F)(F)F)cc1)C(=O)[C@H](CCc1ccccc1)NC(=O)C(N)CC(=O)N(CCN)CCN.